The van der Waals surface area contributed by atoms with E-state index in [9.17, 15) is 0 Å². The molecule has 1 aromatic rings. The van der Waals surface area contributed by atoms with Crippen LogP contribution in [0.1, 0.15) is 24.8 Å². The van der Waals surface area contributed by atoms with Gasteiger partial charge in [0.1, 0.15) is 0 Å². The molecule has 1 aliphatic carbocycles. The quantitative estimate of drug-likeness (QED) is 0.699. The second kappa shape index (κ2) is 3.47. The second-order valence-electron chi connectivity index (χ2n) is 4.92. The molecule has 1 aromatic heterocycles. The summed E-state index contributed by atoms with van der Waals surface area (Å²) in [5.41, 5.74) is 1.14. The minimum Gasteiger partial charge on any atom is -0.340 e. The zero-order valence-corrected chi connectivity index (χ0v) is 9.19. The molecule has 3 nitrogen and oxygen atoms in total. The summed E-state index contributed by atoms with van der Waals surface area (Å²) in [6.07, 6.45) is 8.07. The normalized spacial score (nSPS) is 29.5. The topological polar surface area (TPSA) is 29.0 Å². The highest BCUT2D eigenvalue weighted by atomic mass is 15.3. The van der Waals surface area contributed by atoms with Crippen molar-refractivity contribution in [3.8, 4) is 0 Å². The number of aromatic nitrogens is 2. The highest BCUT2D eigenvalue weighted by Gasteiger charge is 2.36. The van der Waals surface area contributed by atoms with Crippen molar-refractivity contribution in [2.24, 2.45) is 11.8 Å². The molecule has 1 saturated carbocycles. The van der Waals surface area contributed by atoms with Crippen LogP contribution in [0.25, 0.3) is 0 Å². The number of anilines is 1. The number of fused-ring (bicyclic) bond motifs is 1. The third-order valence-corrected chi connectivity index (χ3v) is 3.78. The van der Waals surface area contributed by atoms with Crippen LogP contribution in [0.5, 0.6) is 0 Å². The first-order valence-electron chi connectivity index (χ1n) is 5.86. The Bertz CT molecular complexity index is 334. The van der Waals surface area contributed by atoms with E-state index in [0.717, 1.165) is 23.3 Å². The van der Waals surface area contributed by atoms with Crippen LogP contribution in [-0.2, 0) is 0 Å². The summed E-state index contributed by atoms with van der Waals surface area (Å²) >= 11 is 0. The Kier molecular flexibility index (Phi) is 2.11. The Hall–Kier alpha value is -1.12. The summed E-state index contributed by atoms with van der Waals surface area (Å²) in [6.45, 7) is 4.38. The number of aryl methyl sites for hydroxylation is 1. The molecule has 0 spiro atoms. The zero-order chi connectivity index (χ0) is 10.3. The smallest absolute Gasteiger partial charge is 0.225 e. The van der Waals surface area contributed by atoms with Crippen LogP contribution in [-0.4, -0.2) is 23.1 Å². The Labute approximate surface area is 90.5 Å². The molecule has 2 fully saturated rings. The van der Waals surface area contributed by atoms with Crippen molar-refractivity contribution in [3.05, 3.63) is 18.0 Å². The minimum absolute atomic E-state index is 0.912. The average Bonchev–Trinajstić information content (AvgIpc) is 2.78. The SMILES string of the molecule is Cc1cnc(N2CC3CCCC3C2)nc1. The highest BCUT2D eigenvalue weighted by Crippen LogP contribution is 2.38. The Morgan fingerprint density at radius 3 is 2.33 bits per heavy atom. The maximum atomic E-state index is 4.40. The summed E-state index contributed by atoms with van der Waals surface area (Å²) in [5.74, 6) is 2.75. The summed E-state index contributed by atoms with van der Waals surface area (Å²) in [7, 11) is 0. The molecular weight excluding hydrogens is 186 g/mol. The summed E-state index contributed by atoms with van der Waals surface area (Å²) in [4.78, 5) is 11.2. The van der Waals surface area contributed by atoms with Gasteiger partial charge in [0.05, 0.1) is 0 Å². The molecule has 15 heavy (non-hydrogen) atoms. The molecule has 2 aliphatic rings. The molecule has 80 valence electrons. The van der Waals surface area contributed by atoms with E-state index in [1.165, 1.54) is 32.4 Å². The second-order valence-corrected chi connectivity index (χ2v) is 4.92. The van der Waals surface area contributed by atoms with E-state index in [-0.39, 0.29) is 0 Å². The van der Waals surface area contributed by atoms with E-state index < -0.39 is 0 Å². The van der Waals surface area contributed by atoms with Gasteiger partial charge < -0.3 is 4.90 Å². The average molecular weight is 203 g/mol. The van der Waals surface area contributed by atoms with Crippen molar-refractivity contribution in [2.45, 2.75) is 26.2 Å². The van der Waals surface area contributed by atoms with Crippen LogP contribution >= 0.6 is 0 Å². The molecule has 2 unspecified atom stereocenters. The van der Waals surface area contributed by atoms with Crippen molar-refractivity contribution < 1.29 is 0 Å². The van der Waals surface area contributed by atoms with Crippen molar-refractivity contribution in [1.82, 2.24) is 9.97 Å². The molecule has 0 N–H and O–H groups in total. The van der Waals surface area contributed by atoms with Crippen molar-refractivity contribution in [3.63, 3.8) is 0 Å². The van der Waals surface area contributed by atoms with Crippen molar-refractivity contribution in [1.29, 1.82) is 0 Å². The van der Waals surface area contributed by atoms with Crippen LogP contribution in [0.3, 0.4) is 0 Å². The zero-order valence-electron chi connectivity index (χ0n) is 9.19. The molecule has 3 rings (SSSR count). The van der Waals surface area contributed by atoms with E-state index in [4.69, 9.17) is 0 Å². The standard InChI is InChI=1S/C12H17N3/c1-9-5-13-12(14-6-9)15-7-10-3-2-4-11(10)8-15/h5-6,10-11H,2-4,7-8H2,1H3. The first-order valence-corrected chi connectivity index (χ1v) is 5.86. The molecule has 3 heteroatoms. The maximum Gasteiger partial charge on any atom is 0.225 e. The number of hydrogen-bond acceptors (Lipinski definition) is 3. The fraction of sp³-hybridized carbons (Fsp3) is 0.667. The van der Waals surface area contributed by atoms with Gasteiger partial charge in [-0.25, -0.2) is 9.97 Å². The molecule has 1 aliphatic heterocycles. The van der Waals surface area contributed by atoms with Gasteiger partial charge in [0, 0.05) is 25.5 Å². The minimum atomic E-state index is 0.912. The van der Waals surface area contributed by atoms with Gasteiger partial charge in [-0.05, 0) is 37.2 Å². The van der Waals surface area contributed by atoms with Crippen LogP contribution in [0.4, 0.5) is 5.95 Å². The fourth-order valence-corrected chi connectivity index (χ4v) is 2.95. The molecule has 0 radical (unpaired) electrons. The summed E-state index contributed by atoms with van der Waals surface area (Å²) in [5, 5.41) is 0. The first-order chi connectivity index (χ1) is 7.33. The molecule has 0 bridgehead atoms. The summed E-state index contributed by atoms with van der Waals surface area (Å²) in [6, 6.07) is 0. The molecule has 2 heterocycles. The molecule has 1 saturated heterocycles. The van der Waals surface area contributed by atoms with Gasteiger partial charge in [-0.15, -0.1) is 0 Å². The van der Waals surface area contributed by atoms with E-state index in [2.05, 4.69) is 14.9 Å². The van der Waals surface area contributed by atoms with Gasteiger partial charge in [0.15, 0.2) is 0 Å². The molecule has 0 aromatic carbocycles. The third kappa shape index (κ3) is 1.60. The lowest BCUT2D eigenvalue weighted by Gasteiger charge is -2.16. The monoisotopic (exact) mass is 203 g/mol. The van der Waals surface area contributed by atoms with Crippen LogP contribution in [0.15, 0.2) is 12.4 Å². The predicted octanol–water partition coefficient (Wildman–Crippen LogP) is 2.02. The lowest BCUT2D eigenvalue weighted by Crippen LogP contribution is -2.22. The van der Waals surface area contributed by atoms with Crippen molar-refractivity contribution >= 4 is 5.95 Å². The Morgan fingerprint density at radius 1 is 1.13 bits per heavy atom. The fourth-order valence-electron chi connectivity index (χ4n) is 2.95. The predicted molar refractivity (Wildman–Crippen MR) is 59.8 cm³/mol. The van der Waals surface area contributed by atoms with E-state index >= 15 is 0 Å². The highest BCUT2D eigenvalue weighted by molar-refractivity contribution is 5.32. The van der Waals surface area contributed by atoms with Gasteiger partial charge in [0.2, 0.25) is 5.95 Å². The lowest BCUT2D eigenvalue weighted by atomic mass is 10.0. The molecular formula is C12H17N3. The van der Waals surface area contributed by atoms with Gasteiger partial charge in [-0.1, -0.05) is 6.42 Å². The number of rotatable bonds is 1. The Morgan fingerprint density at radius 2 is 1.73 bits per heavy atom. The Balaban J connectivity index is 1.76. The molecule has 2 atom stereocenters. The van der Waals surface area contributed by atoms with Crippen LogP contribution < -0.4 is 4.90 Å². The third-order valence-electron chi connectivity index (χ3n) is 3.78. The summed E-state index contributed by atoms with van der Waals surface area (Å²) < 4.78 is 0. The number of nitrogens with zero attached hydrogens (tertiary/aromatic N) is 3. The van der Waals surface area contributed by atoms with Gasteiger partial charge >= 0.3 is 0 Å². The van der Waals surface area contributed by atoms with Gasteiger partial charge in [-0.2, -0.15) is 0 Å². The van der Waals surface area contributed by atoms with E-state index in [1.54, 1.807) is 0 Å². The maximum absolute atomic E-state index is 4.40. The lowest BCUT2D eigenvalue weighted by molar-refractivity contribution is 0.494. The van der Waals surface area contributed by atoms with Crippen molar-refractivity contribution in [2.75, 3.05) is 18.0 Å². The largest absolute Gasteiger partial charge is 0.340 e. The molecule has 0 amide bonds. The van der Waals surface area contributed by atoms with Gasteiger partial charge in [-0.3, -0.25) is 0 Å². The van der Waals surface area contributed by atoms with Gasteiger partial charge in [0.25, 0.3) is 0 Å². The van der Waals surface area contributed by atoms with Crippen LogP contribution in [0.2, 0.25) is 0 Å². The first kappa shape index (κ1) is 9.13. The van der Waals surface area contributed by atoms with E-state index in [0.29, 0.717) is 0 Å². The number of hydrogen-bond donors (Lipinski definition) is 0. The van der Waals surface area contributed by atoms with E-state index in [1.807, 2.05) is 19.3 Å². The van der Waals surface area contributed by atoms with Crippen LogP contribution in [0, 0.1) is 18.8 Å².